The third kappa shape index (κ3) is 5.88. The van der Waals surface area contributed by atoms with Crippen LogP contribution in [-0.4, -0.2) is 83.1 Å². The monoisotopic (exact) mass is 446 g/mol. The standard InChI is InChI=1S/C23H38N6O3/c1-4-8-18-15-19(27(3)26-18)22(31)28-11-13-29(14-12-28)23(32)21(25-20(30)16-24-2)17-9-6-5-7-10-17/h15,17,21,24H,4-14,16H2,1-3H3,(H,25,30). The minimum atomic E-state index is -0.480. The molecule has 2 fully saturated rings. The van der Waals surface area contributed by atoms with Crippen LogP contribution in [0.4, 0.5) is 0 Å². The fraction of sp³-hybridized carbons (Fsp3) is 0.739. The normalized spacial score (nSPS) is 18.5. The van der Waals surface area contributed by atoms with Crippen molar-refractivity contribution < 1.29 is 14.4 Å². The van der Waals surface area contributed by atoms with Gasteiger partial charge in [0.1, 0.15) is 11.7 Å². The maximum Gasteiger partial charge on any atom is 0.272 e. The lowest BCUT2D eigenvalue weighted by Gasteiger charge is -2.38. The molecule has 2 heterocycles. The van der Waals surface area contributed by atoms with Crippen LogP contribution < -0.4 is 10.6 Å². The van der Waals surface area contributed by atoms with Crippen LogP contribution in [0.15, 0.2) is 6.07 Å². The van der Waals surface area contributed by atoms with Crippen LogP contribution in [0.1, 0.15) is 61.6 Å². The van der Waals surface area contributed by atoms with Crippen molar-refractivity contribution in [3.8, 4) is 0 Å². The van der Waals surface area contributed by atoms with Gasteiger partial charge in [-0.25, -0.2) is 0 Å². The average Bonchev–Trinajstić information content (AvgIpc) is 3.17. The Morgan fingerprint density at radius 3 is 2.38 bits per heavy atom. The van der Waals surface area contributed by atoms with Crippen molar-refractivity contribution in [3.05, 3.63) is 17.5 Å². The summed E-state index contributed by atoms with van der Waals surface area (Å²) in [6, 6.07) is 1.40. The molecular formula is C23H38N6O3. The first-order valence-electron chi connectivity index (χ1n) is 12.0. The molecule has 1 aliphatic carbocycles. The van der Waals surface area contributed by atoms with Crippen LogP contribution in [0.3, 0.4) is 0 Å². The zero-order valence-corrected chi connectivity index (χ0v) is 19.7. The number of nitrogens with one attached hydrogen (secondary N) is 2. The first kappa shape index (κ1) is 24.2. The molecular weight excluding hydrogens is 408 g/mol. The van der Waals surface area contributed by atoms with E-state index in [4.69, 9.17) is 0 Å². The van der Waals surface area contributed by atoms with Crippen LogP contribution in [0.25, 0.3) is 0 Å². The number of amides is 3. The lowest BCUT2D eigenvalue weighted by Crippen LogP contribution is -2.58. The predicted octanol–water partition coefficient (Wildman–Crippen LogP) is 0.942. The van der Waals surface area contributed by atoms with E-state index in [0.29, 0.717) is 31.9 Å². The molecule has 1 saturated carbocycles. The molecule has 0 aromatic carbocycles. The fourth-order valence-corrected chi connectivity index (χ4v) is 4.83. The van der Waals surface area contributed by atoms with Crippen molar-refractivity contribution in [2.45, 2.75) is 57.9 Å². The zero-order chi connectivity index (χ0) is 23.1. The molecule has 1 saturated heterocycles. The molecule has 2 aliphatic rings. The van der Waals surface area contributed by atoms with Gasteiger partial charge in [-0.2, -0.15) is 5.10 Å². The van der Waals surface area contributed by atoms with Gasteiger partial charge < -0.3 is 20.4 Å². The van der Waals surface area contributed by atoms with Gasteiger partial charge in [-0.15, -0.1) is 0 Å². The molecule has 0 bridgehead atoms. The largest absolute Gasteiger partial charge is 0.343 e. The molecule has 1 aromatic heterocycles. The Hall–Kier alpha value is -2.42. The number of carbonyl (C=O) groups is 3. The van der Waals surface area contributed by atoms with Gasteiger partial charge in [0.15, 0.2) is 0 Å². The Kier molecular flexibility index (Phi) is 8.67. The second-order valence-electron chi connectivity index (χ2n) is 8.99. The summed E-state index contributed by atoms with van der Waals surface area (Å²) in [4.78, 5) is 42.3. The summed E-state index contributed by atoms with van der Waals surface area (Å²) >= 11 is 0. The minimum Gasteiger partial charge on any atom is -0.343 e. The molecule has 1 aliphatic heterocycles. The van der Waals surface area contributed by atoms with Crippen LogP contribution in [-0.2, 0) is 23.1 Å². The first-order valence-corrected chi connectivity index (χ1v) is 12.0. The highest BCUT2D eigenvalue weighted by Crippen LogP contribution is 2.27. The predicted molar refractivity (Wildman–Crippen MR) is 122 cm³/mol. The summed E-state index contributed by atoms with van der Waals surface area (Å²) in [5.74, 6) is -0.0210. The number of nitrogens with zero attached hydrogens (tertiary/aromatic N) is 4. The maximum absolute atomic E-state index is 13.4. The van der Waals surface area contributed by atoms with Crippen molar-refractivity contribution >= 4 is 17.7 Å². The van der Waals surface area contributed by atoms with E-state index in [-0.39, 0.29) is 30.2 Å². The van der Waals surface area contributed by atoms with E-state index in [2.05, 4.69) is 22.7 Å². The summed E-state index contributed by atoms with van der Waals surface area (Å²) in [5, 5.41) is 10.3. The fourth-order valence-electron chi connectivity index (χ4n) is 4.83. The highest BCUT2D eigenvalue weighted by Gasteiger charge is 2.35. The summed E-state index contributed by atoms with van der Waals surface area (Å²) < 4.78 is 1.65. The Balaban J connectivity index is 1.62. The van der Waals surface area contributed by atoms with Crippen molar-refractivity contribution in [1.29, 1.82) is 0 Å². The zero-order valence-electron chi connectivity index (χ0n) is 19.7. The lowest BCUT2D eigenvalue weighted by atomic mass is 9.83. The molecule has 2 N–H and O–H groups in total. The number of carbonyl (C=O) groups excluding carboxylic acids is 3. The number of hydrogen-bond donors (Lipinski definition) is 2. The smallest absolute Gasteiger partial charge is 0.272 e. The van der Waals surface area contributed by atoms with Crippen LogP contribution >= 0.6 is 0 Å². The van der Waals surface area contributed by atoms with Gasteiger partial charge in [-0.1, -0.05) is 32.6 Å². The molecule has 1 atom stereocenters. The molecule has 32 heavy (non-hydrogen) atoms. The van der Waals surface area contributed by atoms with Gasteiger partial charge in [0.05, 0.1) is 12.2 Å². The number of likely N-dealkylation sites (N-methyl/N-ethyl adjacent to an activating group) is 1. The van der Waals surface area contributed by atoms with Crippen molar-refractivity contribution in [2.24, 2.45) is 13.0 Å². The number of rotatable bonds is 8. The average molecular weight is 447 g/mol. The molecule has 9 heteroatoms. The number of piperazine rings is 1. The van der Waals surface area contributed by atoms with Crippen LogP contribution in [0, 0.1) is 5.92 Å². The third-order valence-corrected chi connectivity index (χ3v) is 6.58. The van der Waals surface area contributed by atoms with Crippen LogP contribution in [0.2, 0.25) is 0 Å². The summed E-state index contributed by atoms with van der Waals surface area (Å²) in [6.07, 6.45) is 7.16. The van der Waals surface area contributed by atoms with E-state index in [1.165, 1.54) is 6.42 Å². The second kappa shape index (κ2) is 11.4. The molecule has 0 spiro atoms. The van der Waals surface area contributed by atoms with Crippen LogP contribution in [0.5, 0.6) is 0 Å². The quantitative estimate of drug-likeness (QED) is 0.619. The highest BCUT2D eigenvalue weighted by molar-refractivity contribution is 5.93. The van der Waals surface area contributed by atoms with Gasteiger partial charge in [0.25, 0.3) is 5.91 Å². The Bertz CT molecular complexity index is 794. The number of aromatic nitrogens is 2. The lowest BCUT2D eigenvalue weighted by molar-refractivity contribution is -0.139. The molecule has 178 valence electrons. The van der Waals surface area contributed by atoms with E-state index in [0.717, 1.165) is 44.2 Å². The Morgan fingerprint density at radius 2 is 1.75 bits per heavy atom. The minimum absolute atomic E-state index is 0.0146. The maximum atomic E-state index is 13.4. The molecule has 9 nitrogen and oxygen atoms in total. The third-order valence-electron chi connectivity index (χ3n) is 6.58. The Morgan fingerprint density at radius 1 is 1.09 bits per heavy atom. The number of aryl methyl sites for hydroxylation is 2. The van der Waals surface area contributed by atoms with Gasteiger partial charge in [0, 0.05) is 33.2 Å². The topological polar surface area (TPSA) is 99.6 Å². The molecule has 1 unspecified atom stereocenters. The molecule has 3 rings (SSSR count). The van der Waals surface area contributed by atoms with Gasteiger partial charge in [0.2, 0.25) is 11.8 Å². The Labute approximate surface area is 190 Å². The summed E-state index contributed by atoms with van der Waals surface area (Å²) in [7, 11) is 3.52. The van der Waals surface area contributed by atoms with Gasteiger partial charge in [-0.05, 0) is 38.3 Å². The van der Waals surface area contributed by atoms with E-state index in [9.17, 15) is 14.4 Å². The summed E-state index contributed by atoms with van der Waals surface area (Å²) in [6.45, 7) is 4.23. The second-order valence-corrected chi connectivity index (χ2v) is 8.99. The molecule has 3 amide bonds. The molecule has 1 aromatic rings. The van der Waals surface area contributed by atoms with E-state index >= 15 is 0 Å². The highest BCUT2D eigenvalue weighted by atomic mass is 16.2. The molecule has 0 radical (unpaired) electrons. The summed E-state index contributed by atoms with van der Waals surface area (Å²) in [5.41, 5.74) is 1.52. The van der Waals surface area contributed by atoms with Crippen molar-refractivity contribution in [1.82, 2.24) is 30.2 Å². The van der Waals surface area contributed by atoms with Gasteiger partial charge >= 0.3 is 0 Å². The van der Waals surface area contributed by atoms with Crippen molar-refractivity contribution in [2.75, 3.05) is 39.8 Å². The van der Waals surface area contributed by atoms with Gasteiger partial charge in [-0.3, -0.25) is 19.1 Å². The van der Waals surface area contributed by atoms with E-state index in [1.807, 2.05) is 11.0 Å². The number of hydrogen-bond acceptors (Lipinski definition) is 5. The van der Waals surface area contributed by atoms with E-state index in [1.54, 1.807) is 23.7 Å². The van der Waals surface area contributed by atoms with Crippen molar-refractivity contribution in [3.63, 3.8) is 0 Å². The van der Waals surface area contributed by atoms with E-state index < -0.39 is 6.04 Å². The first-order chi connectivity index (χ1) is 15.4. The SMILES string of the molecule is CCCc1cc(C(=O)N2CCN(C(=O)C(NC(=O)CNC)C3CCCCC3)CC2)n(C)n1.